The van der Waals surface area contributed by atoms with Crippen LogP contribution in [0.25, 0.3) is 0 Å². The first-order chi connectivity index (χ1) is 5.24. The third-order valence-electron chi connectivity index (χ3n) is 1.39. The van der Waals surface area contributed by atoms with Crippen LogP contribution in [-0.4, -0.2) is 0 Å². The van der Waals surface area contributed by atoms with E-state index >= 15 is 0 Å². The van der Waals surface area contributed by atoms with Gasteiger partial charge in [0.25, 0.3) is 0 Å². The molecule has 0 bridgehead atoms. The lowest BCUT2D eigenvalue weighted by Crippen LogP contribution is -1.82. The van der Waals surface area contributed by atoms with Crippen LogP contribution in [0.3, 0.4) is 0 Å². The Hall–Kier alpha value is 0.0900. The van der Waals surface area contributed by atoms with E-state index in [0.717, 1.165) is 11.1 Å². The van der Waals surface area contributed by atoms with Crippen molar-refractivity contribution < 1.29 is 0 Å². The van der Waals surface area contributed by atoms with Gasteiger partial charge in [-0.15, -0.1) is 34.8 Å². The van der Waals surface area contributed by atoms with Gasteiger partial charge >= 0.3 is 0 Å². The lowest BCUT2D eigenvalue weighted by atomic mass is 10.2. The van der Waals surface area contributed by atoms with Gasteiger partial charge in [-0.2, -0.15) is 0 Å². The number of hydrogen-bond acceptors (Lipinski definition) is 0. The maximum Gasteiger partial charge on any atom is 0.132 e. The summed E-state index contributed by atoms with van der Waals surface area (Å²) >= 11 is 16.9. The largest absolute Gasteiger partial charge is 0.132 e. The van der Waals surface area contributed by atoms with Crippen LogP contribution in [0.1, 0.15) is 16.0 Å². The van der Waals surface area contributed by atoms with Gasteiger partial charge in [0.15, 0.2) is 0 Å². The first kappa shape index (κ1) is 9.18. The Balaban J connectivity index is 2.83. The lowest BCUT2D eigenvalue weighted by molar-refractivity contribution is 1.30. The van der Waals surface area contributed by atoms with E-state index in [2.05, 4.69) is 0 Å². The molecular formula is C8H7Cl3. The molecule has 1 aromatic carbocycles. The molecule has 0 aliphatic heterocycles. The minimum absolute atomic E-state index is 0.445. The first-order valence-electron chi connectivity index (χ1n) is 3.17. The van der Waals surface area contributed by atoms with E-state index in [-0.39, 0.29) is 0 Å². The zero-order chi connectivity index (χ0) is 8.27. The second kappa shape index (κ2) is 4.20. The van der Waals surface area contributed by atoms with Gasteiger partial charge in [0, 0.05) is 5.88 Å². The number of halogens is 3. The maximum atomic E-state index is 5.63. The van der Waals surface area contributed by atoms with Crippen LogP contribution in [0.5, 0.6) is 0 Å². The van der Waals surface area contributed by atoms with Crippen molar-refractivity contribution in [3.63, 3.8) is 0 Å². The normalized spacial score (nSPS) is 10.5. The molecule has 0 amide bonds. The molecule has 0 unspecified atom stereocenters. The highest BCUT2D eigenvalue weighted by molar-refractivity contribution is 6.44. The zero-order valence-corrected chi connectivity index (χ0v) is 8.00. The predicted octanol–water partition coefficient (Wildman–Crippen LogP) is 3.90. The van der Waals surface area contributed by atoms with E-state index in [9.17, 15) is 0 Å². The standard InChI is InChI=1S/C8H7Cl3/c9-5-6-1-3-7(4-2-6)8(10)11/h1-4,8H,5H2. The van der Waals surface area contributed by atoms with Crippen LogP contribution >= 0.6 is 34.8 Å². The van der Waals surface area contributed by atoms with Gasteiger partial charge in [-0.1, -0.05) is 24.3 Å². The molecular weight excluding hydrogens is 202 g/mol. The molecule has 0 aliphatic carbocycles. The molecule has 0 radical (unpaired) electrons. The number of alkyl halides is 3. The molecule has 0 saturated heterocycles. The topological polar surface area (TPSA) is 0 Å². The summed E-state index contributed by atoms with van der Waals surface area (Å²) in [6.07, 6.45) is 0. The van der Waals surface area contributed by atoms with Crippen molar-refractivity contribution in [3.05, 3.63) is 35.4 Å². The number of benzene rings is 1. The molecule has 1 rings (SSSR count). The summed E-state index contributed by atoms with van der Waals surface area (Å²) in [7, 11) is 0. The smallest absolute Gasteiger partial charge is 0.122 e. The molecule has 1 aromatic rings. The van der Waals surface area contributed by atoms with Gasteiger partial charge in [0.2, 0.25) is 0 Å². The number of rotatable bonds is 2. The molecule has 60 valence electrons. The Labute approximate surface area is 81.1 Å². The maximum absolute atomic E-state index is 5.63. The van der Waals surface area contributed by atoms with E-state index < -0.39 is 4.84 Å². The average Bonchev–Trinajstić information content (AvgIpc) is 2.05. The fourth-order valence-electron chi connectivity index (χ4n) is 0.752. The van der Waals surface area contributed by atoms with Crippen LogP contribution in [0, 0.1) is 0 Å². The molecule has 0 heterocycles. The van der Waals surface area contributed by atoms with Gasteiger partial charge in [-0.3, -0.25) is 0 Å². The first-order valence-corrected chi connectivity index (χ1v) is 4.57. The quantitative estimate of drug-likeness (QED) is 0.648. The van der Waals surface area contributed by atoms with Crippen molar-refractivity contribution in [2.75, 3.05) is 0 Å². The van der Waals surface area contributed by atoms with Crippen molar-refractivity contribution >= 4 is 34.8 Å². The van der Waals surface area contributed by atoms with Gasteiger partial charge in [-0.05, 0) is 11.1 Å². The highest BCUT2D eigenvalue weighted by Crippen LogP contribution is 2.24. The Morgan fingerprint density at radius 2 is 1.64 bits per heavy atom. The minimum Gasteiger partial charge on any atom is -0.122 e. The summed E-state index contributed by atoms with van der Waals surface area (Å²) in [4.78, 5) is -0.445. The van der Waals surface area contributed by atoms with Crippen LogP contribution in [0.4, 0.5) is 0 Å². The fourth-order valence-corrected chi connectivity index (χ4v) is 1.22. The van der Waals surface area contributed by atoms with Crippen LogP contribution in [0.2, 0.25) is 0 Å². The summed E-state index contributed by atoms with van der Waals surface area (Å²) < 4.78 is 0. The van der Waals surface area contributed by atoms with Gasteiger partial charge in [0.05, 0.1) is 0 Å². The molecule has 0 aliphatic rings. The summed E-state index contributed by atoms with van der Waals surface area (Å²) in [6.45, 7) is 0. The molecule has 0 saturated carbocycles. The Kier molecular flexibility index (Phi) is 3.50. The van der Waals surface area contributed by atoms with E-state index in [0.29, 0.717) is 5.88 Å². The predicted molar refractivity (Wildman–Crippen MR) is 50.4 cm³/mol. The van der Waals surface area contributed by atoms with E-state index in [4.69, 9.17) is 34.8 Å². The molecule has 0 aromatic heterocycles. The lowest BCUT2D eigenvalue weighted by Gasteiger charge is -2.01. The van der Waals surface area contributed by atoms with Crippen molar-refractivity contribution in [1.82, 2.24) is 0 Å². The van der Waals surface area contributed by atoms with Crippen molar-refractivity contribution in [3.8, 4) is 0 Å². The van der Waals surface area contributed by atoms with Crippen molar-refractivity contribution in [2.24, 2.45) is 0 Å². The summed E-state index contributed by atoms with van der Waals surface area (Å²) in [5.74, 6) is 0.523. The molecule has 0 atom stereocenters. The van der Waals surface area contributed by atoms with Gasteiger partial charge < -0.3 is 0 Å². The van der Waals surface area contributed by atoms with E-state index in [1.807, 2.05) is 24.3 Å². The third-order valence-corrected chi connectivity index (χ3v) is 2.20. The highest BCUT2D eigenvalue weighted by atomic mass is 35.5. The molecule has 0 fully saturated rings. The average molecular weight is 210 g/mol. The SMILES string of the molecule is ClCc1ccc(C(Cl)Cl)cc1. The summed E-state index contributed by atoms with van der Waals surface area (Å²) in [5, 5.41) is 0. The molecule has 0 nitrogen and oxygen atoms in total. The molecule has 3 heteroatoms. The monoisotopic (exact) mass is 208 g/mol. The van der Waals surface area contributed by atoms with Crippen molar-refractivity contribution in [2.45, 2.75) is 10.7 Å². The summed E-state index contributed by atoms with van der Waals surface area (Å²) in [5.41, 5.74) is 1.98. The van der Waals surface area contributed by atoms with E-state index in [1.54, 1.807) is 0 Å². The van der Waals surface area contributed by atoms with Crippen LogP contribution < -0.4 is 0 Å². The zero-order valence-electron chi connectivity index (χ0n) is 5.73. The Bertz CT molecular complexity index is 215. The third kappa shape index (κ3) is 2.55. The minimum atomic E-state index is -0.445. The molecule has 11 heavy (non-hydrogen) atoms. The Morgan fingerprint density at radius 1 is 1.09 bits per heavy atom. The van der Waals surface area contributed by atoms with Gasteiger partial charge in [-0.25, -0.2) is 0 Å². The second-order valence-electron chi connectivity index (χ2n) is 2.18. The molecule has 0 spiro atoms. The Morgan fingerprint density at radius 3 is 2.00 bits per heavy atom. The second-order valence-corrected chi connectivity index (χ2v) is 3.54. The highest BCUT2D eigenvalue weighted by Gasteiger charge is 2.01. The fraction of sp³-hybridized carbons (Fsp3) is 0.250. The molecule has 0 N–H and O–H groups in total. The summed E-state index contributed by atoms with van der Waals surface area (Å²) in [6, 6.07) is 7.59. The van der Waals surface area contributed by atoms with Crippen molar-refractivity contribution in [1.29, 1.82) is 0 Å². The van der Waals surface area contributed by atoms with Gasteiger partial charge in [0.1, 0.15) is 4.84 Å². The van der Waals surface area contributed by atoms with Crippen LogP contribution in [-0.2, 0) is 5.88 Å². The van der Waals surface area contributed by atoms with E-state index in [1.165, 1.54) is 0 Å². The number of hydrogen-bond donors (Lipinski definition) is 0. The van der Waals surface area contributed by atoms with Crippen LogP contribution in [0.15, 0.2) is 24.3 Å².